The van der Waals surface area contributed by atoms with Crippen LogP contribution < -0.4 is 20.1 Å². The topological polar surface area (TPSA) is 145 Å². The molecule has 11 nitrogen and oxygen atoms in total. The Morgan fingerprint density at radius 3 is 2.49 bits per heavy atom. The molecule has 1 aliphatic carbocycles. The number of sulfonamides is 1. The van der Waals surface area contributed by atoms with E-state index < -0.39 is 38.1 Å². The van der Waals surface area contributed by atoms with E-state index in [4.69, 9.17) is 10.5 Å². The molecule has 3 N–H and O–H groups in total. The molecule has 4 rings (SSSR count). The maximum absolute atomic E-state index is 13.2. The summed E-state index contributed by atoms with van der Waals surface area (Å²) in [4.78, 5) is 23.4. The number of halogens is 3. The summed E-state index contributed by atoms with van der Waals surface area (Å²) in [5.41, 5.74) is 3.43. The molecule has 41 heavy (non-hydrogen) atoms. The van der Waals surface area contributed by atoms with Gasteiger partial charge in [0.15, 0.2) is 10.8 Å². The molecular weight excluding hydrogens is 563 g/mol. The lowest BCUT2D eigenvalue weighted by Gasteiger charge is -2.36. The number of alkyl halides is 3. The molecular formula is C26H32F3N7O4S. The normalized spacial score (nSPS) is 14.9. The average Bonchev–Trinajstić information content (AvgIpc) is 3.57. The molecule has 15 heteroatoms. The first-order chi connectivity index (χ1) is 19.1. The minimum Gasteiger partial charge on any atom is -0.477 e. The lowest BCUT2D eigenvalue weighted by Crippen LogP contribution is -2.43. The van der Waals surface area contributed by atoms with Crippen LogP contribution in [-0.2, 0) is 10.0 Å². The van der Waals surface area contributed by atoms with Crippen LogP contribution in [0.1, 0.15) is 56.8 Å². The van der Waals surface area contributed by atoms with E-state index in [1.54, 1.807) is 11.9 Å². The number of amides is 1. The van der Waals surface area contributed by atoms with Crippen molar-refractivity contribution in [3.05, 3.63) is 48.2 Å². The summed E-state index contributed by atoms with van der Waals surface area (Å²) in [7, 11) is -2.61. The molecule has 0 atom stereocenters. The van der Waals surface area contributed by atoms with E-state index in [1.165, 1.54) is 47.3 Å². The second kappa shape index (κ2) is 10.8. The molecule has 0 radical (unpaired) electrons. The minimum absolute atomic E-state index is 0.0178. The van der Waals surface area contributed by atoms with Crippen molar-refractivity contribution in [1.82, 2.24) is 24.5 Å². The van der Waals surface area contributed by atoms with Crippen molar-refractivity contribution in [2.24, 2.45) is 5.41 Å². The van der Waals surface area contributed by atoms with Gasteiger partial charge in [-0.3, -0.25) is 4.79 Å². The molecule has 1 saturated carbocycles. The average molecular weight is 596 g/mol. The fourth-order valence-electron chi connectivity index (χ4n) is 4.02. The van der Waals surface area contributed by atoms with Crippen LogP contribution in [0.25, 0.3) is 5.82 Å². The monoisotopic (exact) mass is 595 g/mol. The van der Waals surface area contributed by atoms with Gasteiger partial charge in [-0.1, -0.05) is 13.0 Å². The van der Waals surface area contributed by atoms with E-state index in [0.29, 0.717) is 6.42 Å². The van der Waals surface area contributed by atoms with Crippen molar-refractivity contribution in [3.8, 4) is 11.7 Å². The van der Waals surface area contributed by atoms with E-state index in [9.17, 15) is 26.4 Å². The first-order valence-corrected chi connectivity index (χ1v) is 14.4. The molecule has 1 aliphatic rings. The van der Waals surface area contributed by atoms with Crippen LogP contribution in [0.5, 0.6) is 5.88 Å². The number of carbonyl (C=O) groups excluding carboxylic acids is 1. The van der Waals surface area contributed by atoms with Crippen molar-refractivity contribution in [1.29, 1.82) is 0 Å². The van der Waals surface area contributed by atoms with E-state index >= 15 is 0 Å². The highest BCUT2D eigenvalue weighted by molar-refractivity contribution is 7.90. The molecule has 0 aliphatic heterocycles. The van der Waals surface area contributed by atoms with Gasteiger partial charge in [0, 0.05) is 24.8 Å². The lowest BCUT2D eigenvalue weighted by atomic mass is 9.99. The summed E-state index contributed by atoms with van der Waals surface area (Å²) in [5, 5.41) is 3.85. The van der Waals surface area contributed by atoms with Crippen LogP contribution >= 0.6 is 0 Å². The summed E-state index contributed by atoms with van der Waals surface area (Å²) in [6.07, 6.45) is -2.02. The number of nitrogens with two attached hydrogens (primary N) is 1. The number of anilines is 2. The zero-order valence-electron chi connectivity index (χ0n) is 23.1. The third-order valence-electron chi connectivity index (χ3n) is 7.53. The van der Waals surface area contributed by atoms with E-state index in [0.717, 1.165) is 0 Å². The first-order valence-electron chi connectivity index (χ1n) is 12.9. The van der Waals surface area contributed by atoms with Crippen LogP contribution in [0.4, 0.5) is 24.8 Å². The molecule has 0 saturated heterocycles. The number of hydrogen-bond acceptors (Lipinski definition) is 9. The van der Waals surface area contributed by atoms with Gasteiger partial charge in [0.2, 0.25) is 5.88 Å². The molecule has 0 unspecified atom stereocenters. The van der Waals surface area contributed by atoms with Gasteiger partial charge in [0.05, 0.1) is 17.6 Å². The van der Waals surface area contributed by atoms with Crippen molar-refractivity contribution in [3.63, 3.8) is 0 Å². The number of ether oxygens (including phenoxy) is 1. The Hall–Kier alpha value is -3.88. The van der Waals surface area contributed by atoms with Crippen LogP contribution in [0.15, 0.2) is 47.6 Å². The van der Waals surface area contributed by atoms with Crippen molar-refractivity contribution < 1.29 is 31.1 Å². The van der Waals surface area contributed by atoms with E-state index in [-0.39, 0.29) is 54.8 Å². The van der Waals surface area contributed by atoms with Gasteiger partial charge >= 0.3 is 6.18 Å². The highest BCUT2D eigenvalue weighted by Crippen LogP contribution is 2.59. The van der Waals surface area contributed by atoms with E-state index in [2.05, 4.69) is 15.1 Å². The molecule has 1 amide bonds. The molecule has 0 bridgehead atoms. The third kappa shape index (κ3) is 6.39. The second-order valence-corrected chi connectivity index (χ2v) is 12.2. The number of hydrogen-bond donors (Lipinski definition) is 2. The Bertz CT molecular complexity index is 1540. The van der Waals surface area contributed by atoms with Crippen LogP contribution in [0, 0.1) is 5.41 Å². The maximum atomic E-state index is 13.2. The Morgan fingerprint density at radius 2 is 1.88 bits per heavy atom. The quantitative estimate of drug-likeness (QED) is 0.335. The molecule has 0 aromatic carbocycles. The van der Waals surface area contributed by atoms with Crippen molar-refractivity contribution in [2.45, 2.75) is 63.2 Å². The zero-order valence-corrected chi connectivity index (χ0v) is 23.9. The Morgan fingerprint density at radius 1 is 1.17 bits per heavy atom. The van der Waals surface area contributed by atoms with Gasteiger partial charge in [0.1, 0.15) is 11.6 Å². The van der Waals surface area contributed by atoms with Gasteiger partial charge in [-0.25, -0.2) is 19.4 Å². The number of nitrogen functional groups attached to an aromatic ring is 1. The standard InChI is InChI=1S/C26H32F3N7O4S/c1-5-24(2,3)35(4)22-17(23(37)34-41(38,39)21-8-6-7-18(30)31-21)9-10-19(32-22)36-15-11-20(33-36)40-16-14-25(12-13-25)26(27,28)29/h6-11,15H,5,12-14,16H2,1-4H3,(H2,30,31)(H,34,37). The largest absolute Gasteiger partial charge is 0.477 e. The van der Waals surface area contributed by atoms with Gasteiger partial charge in [-0.15, -0.1) is 5.10 Å². The number of carbonyl (C=O) groups is 1. The predicted octanol–water partition coefficient (Wildman–Crippen LogP) is 4.10. The maximum Gasteiger partial charge on any atom is 0.394 e. The molecule has 3 aromatic heterocycles. The highest BCUT2D eigenvalue weighted by atomic mass is 32.2. The Balaban J connectivity index is 1.59. The number of rotatable bonds is 11. The van der Waals surface area contributed by atoms with Crippen LogP contribution in [0.2, 0.25) is 0 Å². The summed E-state index contributed by atoms with van der Waals surface area (Å²) in [6.45, 7) is 5.68. The van der Waals surface area contributed by atoms with Gasteiger partial charge in [-0.05, 0) is 63.8 Å². The lowest BCUT2D eigenvalue weighted by molar-refractivity contribution is -0.190. The summed E-state index contributed by atoms with van der Waals surface area (Å²) < 4.78 is 74.1. The van der Waals surface area contributed by atoms with Crippen molar-refractivity contribution >= 4 is 27.6 Å². The fraction of sp³-hybridized carbons (Fsp3) is 0.462. The highest BCUT2D eigenvalue weighted by Gasteiger charge is 2.62. The smallest absolute Gasteiger partial charge is 0.394 e. The molecule has 3 heterocycles. The molecule has 1 fully saturated rings. The van der Waals surface area contributed by atoms with Crippen molar-refractivity contribution in [2.75, 3.05) is 24.3 Å². The minimum atomic E-state index is -4.34. The molecule has 222 valence electrons. The summed E-state index contributed by atoms with van der Waals surface area (Å²) in [6, 6.07) is 8.42. The second-order valence-electron chi connectivity index (χ2n) is 10.6. The van der Waals surface area contributed by atoms with Crippen LogP contribution in [-0.4, -0.2) is 59.4 Å². The van der Waals surface area contributed by atoms with Gasteiger partial charge in [-0.2, -0.15) is 21.6 Å². The summed E-state index contributed by atoms with van der Waals surface area (Å²) in [5.74, 6) is -0.367. The van der Waals surface area contributed by atoms with Crippen LogP contribution in [0.3, 0.4) is 0 Å². The predicted molar refractivity (Wildman–Crippen MR) is 145 cm³/mol. The first kappa shape index (κ1) is 30.1. The Labute approximate surface area is 236 Å². The molecule has 3 aromatic rings. The van der Waals surface area contributed by atoms with Gasteiger partial charge in [0.25, 0.3) is 15.9 Å². The number of aromatic nitrogens is 4. The number of nitrogens with zero attached hydrogens (tertiary/aromatic N) is 5. The summed E-state index contributed by atoms with van der Waals surface area (Å²) >= 11 is 0. The number of pyridine rings is 2. The van der Waals surface area contributed by atoms with E-state index in [1.807, 2.05) is 25.5 Å². The third-order valence-corrected chi connectivity index (χ3v) is 8.76. The molecule has 0 spiro atoms. The SMILES string of the molecule is CCC(C)(C)N(C)c1nc(-n2ccc(OCCC3(C(F)(F)F)CC3)n2)ccc1C(=O)NS(=O)(=O)c1cccc(N)n1. The fourth-order valence-corrected chi connectivity index (χ4v) is 4.96. The number of nitrogens with one attached hydrogen (secondary N) is 1. The zero-order chi connectivity index (χ0) is 30.2. The Kier molecular flexibility index (Phi) is 7.95. The van der Waals surface area contributed by atoms with Gasteiger partial charge < -0.3 is 15.4 Å².